The van der Waals surface area contributed by atoms with Gasteiger partial charge in [-0.15, -0.1) is 0 Å². The van der Waals surface area contributed by atoms with Crippen LogP contribution in [-0.4, -0.2) is 10.9 Å². The molecule has 1 amide bonds. The minimum atomic E-state index is -0.848. The first-order valence-electron chi connectivity index (χ1n) is 7.72. The molecule has 0 saturated carbocycles. The first kappa shape index (κ1) is 17.8. The van der Waals surface area contributed by atoms with Crippen LogP contribution in [0.3, 0.4) is 0 Å². The van der Waals surface area contributed by atoms with Crippen LogP contribution in [0.4, 0.5) is 20.2 Å². The predicted octanol–water partition coefficient (Wildman–Crippen LogP) is 4.88. The number of carbonyl (C=O) groups is 1. The number of benzene rings is 2. The molecule has 0 atom stereocenters. The van der Waals surface area contributed by atoms with Crippen molar-refractivity contribution in [2.75, 3.05) is 10.6 Å². The number of rotatable bonds is 5. The molecule has 132 valence electrons. The maximum Gasteiger partial charge on any atom is 0.274 e. The number of hydrogen-bond acceptors (Lipinski definition) is 3. The molecule has 0 unspecified atom stereocenters. The minimum Gasteiger partial charge on any atom is -0.380 e. The molecule has 0 aliphatic carbocycles. The Bertz CT molecular complexity index is 915. The summed E-state index contributed by atoms with van der Waals surface area (Å²) in [5.41, 5.74) is 1.78. The molecule has 0 aliphatic rings. The maximum atomic E-state index is 13.6. The van der Waals surface area contributed by atoms with Gasteiger partial charge in [0.15, 0.2) is 0 Å². The fourth-order valence-electron chi connectivity index (χ4n) is 2.22. The second-order valence-electron chi connectivity index (χ2n) is 5.49. The van der Waals surface area contributed by atoms with Gasteiger partial charge >= 0.3 is 0 Å². The van der Waals surface area contributed by atoms with E-state index in [1.54, 1.807) is 18.2 Å². The van der Waals surface area contributed by atoms with E-state index in [9.17, 15) is 13.6 Å². The van der Waals surface area contributed by atoms with Gasteiger partial charge in [-0.3, -0.25) is 4.79 Å². The highest BCUT2D eigenvalue weighted by Gasteiger charge is 2.11. The molecule has 0 spiro atoms. The Labute approximate surface area is 153 Å². The van der Waals surface area contributed by atoms with Crippen LogP contribution in [0.2, 0.25) is 5.02 Å². The number of carbonyl (C=O) groups excluding carboxylic acids is 1. The monoisotopic (exact) mass is 373 g/mol. The molecule has 26 heavy (non-hydrogen) atoms. The topological polar surface area (TPSA) is 54.0 Å². The Morgan fingerprint density at radius 2 is 1.81 bits per heavy atom. The van der Waals surface area contributed by atoms with Crippen LogP contribution in [-0.2, 0) is 6.54 Å². The minimum absolute atomic E-state index is 0.108. The molecular weight excluding hydrogens is 360 g/mol. The summed E-state index contributed by atoms with van der Waals surface area (Å²) < 4.78 is 26.5. The molecule has 0 fully saturated rings. The van der Waals surface area contributed by atoms with E-state index in [1.807, 2.05) is 12.1 Å². The van der Waals surface area contributed by atoms with E-state index in [1.165, 1.54) is 12.3 Å². The molecular formula is C19H14ClF2N3O. The lowest BCUT2D eigenvalue weighted by molar-refractivity contribution is 0.102. The van der Waals surface area contributed by atoms with Gasteiger partial charge in [0.25, 0.3) is 5.91 Å². The summed E-state index contributed by atoms with van der Waals surface area (Å²) >= 11 is 5.84. The third-order valence-corrected chi connectivity index (χ3v) is 3.84. The Hall–Kier alpha value is -2.99. The molecule has 0 bridgehead atoms. The van der Waals surface area contributed by atoms with Crippen LogP contribution in [0.5, 0.6) is 0 Å². The highest BCUT2D eigenvalue weighted by Crippen LogP contribution is 2.16. The van der Waals surface area contributed by atoms with Crippen LogP contribution < -0.4 is 10.6 Å². The third-order valence-electron chi connectivity index (χ3n) is 3.59. The number of nitrogens with zero attached hydrogens (tertiary/aromatic N) is 1. The second-order valence-corrected chi connectivity index (χ2v) is 5.93. The van der Waals surface area contributed by atoms with Crippen molar-refractivity contribution in [1.29, 1.82) is 0 Å². The Balaban J connectivity index is 1.61. The standard InChI is InChI=1S/C19H14ClF2N3O/c20-13-3-1-12(2-4-13)10-23-15-6-8-18(24-11-15)19(26)25-17-7-5-14(21)9-16(17)22/h1-9,11,23H,10H2,(H,25,26). The Morgan fingerprint density at radius 3 is 2.46 bits per heavy atom. The molecule has 3 aromatic rings. The van der Waals surface area contributed by atoms with Crippen molar-refractivity contribution in [3.8, 4) is 0 Å². The van der Waals surface area contributed by atoms with Crippen LogP contribution in [0.15, 0.2) is 60.8 Å². The third kappa shape index (κ3) is 4.55. The van der Waals surface area contributed by atoms with Crippen molar-refractivity contribution in [3.63, 3.8) is 0 Å². The fourth-order valence-corrected chi connectivity index (χ4v) is 2.34. The Morgan fingerprint density at radius 1 is 1.04 bits per heavy atom. The average Bonchev–Trinajstić information content (AvgIpc) is 2.64. The summed E-state index contributed by atoms with van der Waals surface area (Å²) in [6, 6.07) is 13.6. The zero-order valence-corrected chi connectivity index (χ0v) is 14.2. The van der Waals surface area contributed by atoms with Crippen LogP contribution >= 0.6 is 11.6 Å². The lowest BCUT2D eigenvalue weighted by Gasteiger charge is -2.08. The maximum absolute atomic E-state index is 13.6. The van der Waals surface area contributed by atoms with E-state index in [-0.39, 0.29) is 11.4 Å². The van der Waals surface area contributed by atoms with Crippen molar-refractivity contribution in [2.24, 2.45) is 0 Å². The number of aromatic nitrogens is 1. The normalized spacial score (nSPS) is 10.4. The average molecular weight is 374 g/mol. The van der Waals surface area contributed by atoms with Gasteiger partial charge in [-0.1, -0.05) is 23.7 Å². The van der Waals surface area contributed by atoms with Crippen molar-refractivity contribution in [3.05, 3.63) is 88.7 Å². The number of anilines is 2. The van der Waals surface area contributed by atoms with E-state index in [0.717, 1.165) is 23.4 Å². The second kappa shape index (κ2) is 7.93. The smallest absolute Gasteiger partial charge is 0.274 e. The predicted molar refractivity (Wildman–Crippen MR) is 97.3 cm³/mol. The summed E-state index contributed by atoms with van der Waals surface area (Å²) in [5, 5.41) is 6.20. The zero-order valence-electron chi connectivity index (χ0n) is 13.5. The van der Waals surface area contributed by atoms with Crippen molar-refractivity contribution in [1.82, 2.24) is 4.98 Å². The van der Waals surface area contributed by atoms with E-state index in [0.29, 0.717) is 17.6 Å². The first-order valence-corrected chi connectivity index (χ1v) is 8.10. The fraction of sp³-hybridized carbons (Fsp3) is 0.0526. The van der Waals surface area contributed by atoms with Crippen molar-refractivity contribution >= 4 is 28.9 Å². The lowest BCUT2D eigenvalue weighted by Crippen LogP contribution is -2.14. The van der Waals surface area contributed by atoms with Gasteiger partial charge in [-0.25, -0.2) is 13.8 Å². The molecule has 0 radical (unpaired) electrons. The molecule has 7 heteroatoms. The van der Waals surface area contributed by atoms with E-state index >= 15 is 0 Å². The van der Waals surface area contributed by atoms with Gasteiger partial charge < -0.3 is 10.6 Å². The van der Waals surface area contributed by atoms with Crippen molar-refractivity contribution < 1.29 is 13.6 Å². The van der Waals surface area contributed by atoms with Gasteiger partial charge in [0, 0.05) is 17.6 Å². The number of pyridine rings is 1. The first-order chi connectivity index (χ1) is 12.5. The molecule has 2 aromatic carbocycles. The van der Waals surface area contributed by atoms with Gasteiger partial charge in [-0.05, 0) is 42.0 Å². The molecule has 2 N–H and O–H groups in total. The molecule has 0 saturated heterocycles. The molecule has 1 aromatic heterocycles. The van der Waals surface area contributed by atoms with E-state index in [4.69, 9.17) is 11.6 Å². The van der Waals surface area contributed by atoms with Crippen LogP contribution in [0.1, 0.15) is 16.1 Å². The van der Waals surface area contributed by atoms with Crippen LogP contribution in [0.25, 0.3) is 0 Å². The summed E-state index contributed by atoms with van der Waals surface area (Å²) in [7, 11) is 0. The lowest BCUT2D eigenvalue weighted by atomic mass is 10.2. The molecule has 0 aliphatic heterocycles. The molecule has 3 rings (SSSR count). The number of nitrogens with one attached hydrogen (secondary N) is 2. The number of amides is 1. The van der Waals surface area contributed by atoms with E-state index in [2.05, 4.69) is 15.6 Å². The highest BCUT2D eigenvalue weighted by molar-refractivity contribution is 6.30. The van der Waals surface area contributed by atoms with E-state index < -0.39 is 17.5 Å². The summed E-state index contributed by atoms with van der Waals surface area (Å²) in [4.78, 5) is 16.2. The summed E-state index contributed by atoms with van der Waals surface area (Å²) in [6.07, 6.45) is 1.51. The largest absolute Gasteiger partial charge is 0.380 e. The van der Waals surface area contributed by atoms with Gasteiger partial charge in [0.05, 0.1) is 17.6 Å². The number of halogens is 3. The summed E-state index contributed by atoms with van der Waals surface area (Å²) in [6.45, 7) is 0.575. The van der Waals surface area contributed by atoms with Crippen LogP contribution in [0, 0.1) is 11.6 Å². The van der Waals surface area contributed by atoms with Gasteiger partial charge in [0.2, 0.25) is 0 Å². The Kier molecular flexibility index (Phi) is 5.43. The van der Waals surface area contributed by atoms with Crippen molar-refractivity contribution in [2.45, 2.75) is 6.54 Å². The van der Waals surface area contributed by atoms with Gasteiger partial charge in [-0.2, -0.15) is 0 Å². The SMILES string of the molecule is O=C(Nc1ccc(F)cc1F)c1ccc(NCc2ccc(Cl)cc2)cn1. The zero-order chi connectivity index (χ0) is 18.5. The highest BCUT2D eigenvalue weighted by atomic mass is 35.5. The van der Waals surface area contributed by atoms with Gasteiger partial charge in [0.1, 0.15) is 17.3 Å². The molecule has 4 nitrogen and oxygen atoms in total. The molecule has 1 heterocycles. The number of hydrogen-bond donors (Lipinski definition) is 2. The quantitative estimate of drug-likeness (QED) is 0.670. The summed E-state index contributed by atoms with van der Waals surface area (Å²) in [5.74, 6) is -2.14.